The molecule has 0 fully saturated rings. The van der Waals surface area contributed by atoms with Gasteiger partial charge in [0.1, 0.15) is 5.82 Å². The molecule has 1 amide bonds. The van der Waals surface area contributed by atoms with Crippen molar-refractivity contribution in [3.05, 3.63) is 35.6 Å². The smallest absolute Gasteiger partial charge is 0.234 e. The molecular weight excluding hydrogens is 263 g/mol. The number of halogens is 1. The summed E-state index contributed by atoms with van der Waals surface area (Å²) < 4.78 is 23.0. The molecule has 0 saturated carbocycles. The van der Waals surface area contributed by atoms with Crippen LogP contribution in [0.5, 0.6) is 0 Å². The van der Waals surface area contributed by atoms with E-state index in [0.29, 0.717) is 19.7 Å². The van der Waals surface area contributed by atoms with E-state index in [0.717, 1.165) is 5.56 Å². The molecule has 112 valence electrons. The zero-order valence-corrected chi connectivity index (χ0v) is 11.8. The Morgan fingerprint density at radius 3 is 2.60 bits per heavy atom. The zero-order valence-electron chi connectivity index (χ0n) is 11.8. The Bertz CT molecular complexity index is 398. The monoisotopic (exact) mass is 284 g/mol. The Morgan fingerprint density at radius 1 is 1.30 bits per heavy atom. The minimum atomic E-state index is -0.296. The first-order chi connectivity index (χ1) is 9.67. The summed E-state index contributed by atoms with van der Waals surface area (Å²) in [4.78, 5) is 11.6. The van der Waals surface area contributed by atoms with Crippen molar-refractivity contribution >= 4 is 5.91 Å². The number of carbonyl (C=O) groups is 1. The fourth-order valence-corrected chi connectivity index (χ4v) is 1.66. The number of hydrogen-bond donors (Lipinski definition) is 2. The normalized spacial score (nSPS) is 12.2. The number of carbonyl (C=O) groups excluding carboxylic acids is 1. The van der Waals surface area contributed by atoms with E-state index in [9.17, 15) is 9.18 Å². The van der Waals surface area contributed by atoms with E-state index in [1.54, 1.807) is 26.4 Å². The lowest BCUT2D eigenvalue weighted by Crippen LogP contribution is -2.37. The number of hydrogen-bond acceptors (Lipinski definition) is 4. The Morgan fingerprint density at radius 2 is 2.00 bits per heavy atom. The van der Waals surface area contributed by atoms with Gasteiger partial charge in [0.2, 0.25) is 5.91 Å². The molecular formula is C14H21FN2O3. The van der Waals surface area contributed by atoms with Crippen molar-refractivity contribution < 1.29 is 18.7 Å². The van der Waals surface area contributed by atoms with Crippen molar-refractivity contribution in [3.8, 4) is 0 Å². The van der Waals surface area contributed by atoms with Crippen LogP contribution in [0.1, 0.15) is 11.7 Å². The molecule has 0 saturated heterocycles. The summed E-state index contributed by atoms with van der Waals surface area (Å²) in [5, 5.41) is 5.71. The molecule has 0 aliphatic heterocycles. The van der Waals surface area contributed by atoms with Crippen LogP contribution in [0, 0.1) is 5.82 Å². The first-order valence-electron chi connectivity index (χ1n) is 6.42. The lowest BCUT2D eigenvalue weighted by atomic mass is 10.1. The molecule has 0 spiro atoms. The van der Waals surface area contributed by atoms with Gasteiger partial charge in [-0.1, -0.05) is 12.1 Å². The van der Waals surface area contributed by atoms with E-state index in [4.69, 9.17) is 9.47 Å². The third-order valence-electron chi connectivity index (χ3n) is 2.78. The van der Waals surface area contributed by atoms with Crippen molar-refractivity contribution in [3.63, 3.8) is 0 Å². The summed E-state index contributed by atoms with van der Waals surface area (Å²) in [5.74, 6) is -0.416. The molecule has 20 heavy (non-hydrogen) atoms. The highest BCUT2D eigenvalue weighted by atomic mass is 19.1. The van der Waals surface area contributed by atoms with Crippen LogP contribution in [-0.4, -0.2) is 46.4 Å². The lowest BCUT2D eigenvalue weighted by molar-refractivity contribution is -0.120. The lowest BCUT2D eigenvalue weighted by Gasteiger charge is -2.16. The highest BCUT2D eigenvalue weighted by molar-refractivity contribution is 5.78. The van der Waals surface area contributed by atoms with Gasteiger partial charge < -0.3 is 20.1 Å². The summed E-state index contributed by atoms with van der Waals surface area (Å²) in [6, 6.07) is 6.03. The van der Waals surface area contributed by atoms with E-state index < -0.39 is 0 Å². The highest BCUT2D eigenvalue weighted by Crippen LogP contribution is 2.15. The van der Waals surface area contributed by atoms with Gasteiger partial charge in [0.15, 0.2) is 0 Å². The Hall–Kier alpha value is -1.50. The number of rotatable bonds is 9. The van der Waals surface area contributed by atoms with Gasteiger partial charge in [0, 0.05) is 27.3 Å². The summed E-state index contributed by atoms with van der Waals surface area (Å²) in [7, 11) is 3.16. The van der Waals surface area contributed by atoms with E-state index in [1.807, 2.05) is 0 Å². The van der Waals surface area contributed by atoms with Gasteiger partial charge in [-0.3, -0.25) is 4.79 Å². The molecule has 1 aromatic carbocycles. The second-order valence-electron chi connectivity index (χ2n) is 4.25. The maximum atomic E-state index is 12.8. The maximum Gasteiger partial charge on any atom is 0.234 e. The van der Waals surface area contributed by atoms with Crippen LogP contribution >= 0.6 is 0 Å². The molecule has 0 radical (unpaired) electrons. The molecule has 6 heteroatoms. The van der Waals surface area contributed by atoms with Crippen molar-refractivity contribution in [2.45, 2.75) is 6.10 Å². The number of ether oxygens (including phenoxy) is 2. The average molecular weight is 284 g/mol. The molecule has 2 N–H and O–H groups in total. The standard InChI is InChI=1S/C14H21FN2O3/c1-19-8-7-16-10-14(18)17-9-13(20-2)11-3-5-12(15)6-4-11/h3-6,13,16H,7-10H2,1-2H3,(H,17,18). The molecule has 1 unspecified atom stereocenters. The third-order valence-corrected chi connectivity index (χ3v) is 2.78. The van der Waals surface area contributed by atoms with Gasteiger partial charge >= 0.3 is 0 Å². The maximum absolute atomic E-state index is 12.8. The Kier molecular flexibility index (Phi) is 7.79. The van der Waals surface area contributed by atoms with Gasteiger partial charge in [0.05, 0.1) is 19.3 Å². The molecule has 1 rings (SSSR count). The molecule has 1 atom stereocenters. The Labute approximate surface area is 118 Å². The SMILES string of the molecule is COCCNCC(=O)NCC(OC)c1ccc(F)cc1. The van der Waals surface area contributed by atoms with Gasteiger partial charge in [-0.05, 0) is 17.7 Å². The van der Waals surface area contributed by atoms with Gasteiger partial charge in [0.25, 0.3) is 0 Å². The van der Waals surface area contributed by atoms with Crippen molar-refractivity contribution in [2.24, 2.45) is 0 Å². The largest absolute Gasteiger partial charge is 0.383 e. The van der Waals surface area contributed by atoms with E-state index in [2.05, 4.69) is 10.6 Å². The molecule has 0 bridgehead atoms. The molecule has 1 aromatic rings. The average Bonchev–Trinajstić information content (AvgIpc) is 2.46. The third kappa shape index (κ3) is 6.10. The van der Waals surface area contributed by atoms with Gasteiger partial charge in [-0.25, -0.2) is 4.39 Å². The fraction of sp³-hybridized carbons (Fsp3) is 0.500. The summed E-state index contributed by atoms with van der Waals surface area (Å²) in [5.41, 5.74) is 0.821. The minimum Gasteiger partial charge on any atom is -0.383 e. The number of amides is 1. The van der Waals surface area contributed by atoms with Gasteiger partial charge in [-0.15, -0.1) is 0 Å². The second kappa shape index (κ2) is 9.41. The zero-order chi connectivity index (χ0) is 14.8. The van der Waals surface area contributed by atoms with E-state index in [1.165, 1.54) is 12.1 Å². The Balaban J connectivity index is 2.34. The summed E-state index contributed by atoms with van der Waals surface area (Å²) in [6.45, 7) is 1.75. The van der Waals surface area contributed by atoms with Crippen LogP contribution in [0.4, 0.5) is 4.39 Å². The summed E-state index contributed by atoms with van der Waals surface area (Å²) in [6.07, 6.45) is -0.293. The van der Waals surface area contributed by atoms with Crippen LogP contribution in [0.3, 0.4) is 0 Å². The van der Waals surface area contributed by atoms with Crippen LogP contribution in [0.15, 0.2) is 24.3 Å². The molecule has 5 nitrogen and oxygen atoms in total. The molecule has 0 aromatic heterocycles. The minimum absolute atomic E-state index is 0.120. The number of benzene rings is 1. The van der Waals surface area contributed by atoms with Crippen LogP contribution in [0.2, 0.25) is 0 Å². The molecule has 0 aliphatic carbocycles. The van der Waals surface area contributed by atoms with E-state index >= 15 is 0 Å². The topological polar surface area (TPSA) is 59.6 Å². The number of nitrogens with one attached hydrogen (secondary N) is 2. The predicted molar refractivity (Wildman–Crippen MR) is 73.9 cm³/mol. The fourth-order valence-electron chi connectivity index (χ4n) is 1.66. The van der Waals surface area contributed by atoms with Crippen LogP contribution in [-0.2, 0) is 14.3 Å². The molecule has 0 aliphatic rings. The molecule has 0 heterocycles. The predicted octanol–water partition coefficient (Wildman–Crippen LogP) is 0.865. The summed E-state index contributed by atoms with van der Waals surface area (Å²) >= 11 is 0. The van der Waals surface area contributed by atoms with Crippen LogP contribution in [0.25, 0.3) is 0 Å². The van der Waals surface area contributed by atoms with Crippen LogP contribution < -0.4 is 10.6 Å². The first-order valence-corrected chi connectivity index (χ1v) is 6.42. The van der Waals surface area contributed by atoms with Crippen molar-refractivity contribution in [2.75, 3.05) is 40.5 Å². The van der Waals surface area contributed by atoms with E-state index in [-0.39, 0.29) is 24.4 Å². The van der Waals surface area contributed by atoms with Crippen molar-refractivity contribution in [1.82, 2.24) is 10.6 Å². The number of methoxy groups -OCH3 is 2. The highest BCUT2D eigenvalue weighted by Gasteiger charge is 2.11. The first kappa shape index (κ1) is 16.6. The second-order valence-corrected chi connectivity index (χ2v) is 4.25. The van der Waals surface area contributed by atoms with Gasteiger partial charge in [-0.2, -0.15) is 0 Å². The quantitative estimate of drug-likeness (QED) is 0.661. The van der Waals surface area contributed by atoms with Crippen molar-refractivity contribution in [1.29, 1.82) is 0 Å².